The maximum absolute atomic E-state index is 13.2. The largest absolute Gasteiger partial charge is 0.497 e. The van der Waals surface area contributed by atoms with Crippen molar-refractivity contribution < 1.29 is 14.3 Å². The highest BCUT2D eigenvalue weighted by molar-refractivity contribution is 5.95. The SMILES string of the molecule is COc1ccc(-c2cnc(N(C)C)nc2C2CN(C(=O)c3cnc(C)nc3C)CCO2)cc1. The number of carbonyl (C=O) groups is 1. The van der Waals surface area contributed by atoms with Gasteiger partial charge < -0.3 is 19.3 Å². The van der Waals surface area contributed by atoms with E-state index in [1.54, 1.807) is 18.2 Å². The molecule has 9 nitrogen and oxygen atoms in total. The van der Waals surface area contributed by atoms with Crippen LogP contribution in [0, 0.1) is 13.8 Å². The highest BCUT2D eigenvalue weighted by Crippen LogP contribution is 2.32. The predicted molar refractivity (Wildman–Crippen MR) is 124 cm³/mol. The van der Waals surface area contributed by atoms with Crippen LogP contribution in [0.5, 0.6) is 5.75 Å². The number of methoxy groups -OCH3 is 1. The summed E-state index contributed by atoms with van der Waals surface area (Å²) in [7, 11) is 5.42. The topological polar surface area (TPSA) is 93.6 Å². The number of amides is 1. The molecular formula is C24H28N6O3. The van der Waals surface area contributed by atoms with Crippen LogP contribution in [0.2, 0.25) is 0 Å². The maximum atomic E-state index is 13.2. The molecule has 33 heavy (non-hydrogen) atoms. The zero-order valence-electron chi connectivity index (χ0n) is 19.6. The van der Waals surface area contributed by atoms with Crippen LogP contribution in [-0.4, -0.2) is 71.6 Å². The Kier molecular flexibility index (Phi) is 6.50. The molecule has 1 fully saturated rings. The van der Waals surface area contributed by atoms with Gasteiger partial charge in [0.05, 0.1) is 37.2 Å². The maximum Gasteiger partial charge on any atom is 0.257 e. The first-order valence-electron chi connectivity index (χ1n) is 10.8. The first-order chi connectivity index (χ1) is 15.9. The minimum Gasteiger partial charge on any atom is -0.497 e. The fraction of sp³-hybridized carbons (Fsp3) is 0.375. The van der Waals surface area contributed by atoms with Crippen molar-refractivity contribution in [3.8, 4) is 16.9 Å². The molecule has 1 aliphatic heterocycles. The second-order valence-corrected chi connectivity index (χ2v) is 8.12. The van der Waals surface area contributed by atoms with Gasteiger partial charge in [0.2, 0.25) is 5.95 Å². The molecule has 0 bridgehead atoms. The Hall–Kier alpha value is -3.59. The second-order valence-electron chi connectivity index (χ2n) is 8.12. The Balaban J connectivity index is 1.67. The Morgan fingerprint density at radius 1 is 1.12 bits per heavy atom. The number of ether oxygens (including phenoxy) is 2. The Labute approximate surface area is 193 Å². The Morgan fingerprint density at radius 3 is 2.55 bits per heavy atom. The van der Waals surface area contributed by atoms with Gasteiger partial charge in [0, 0.05) is 38.6 Å². The number of hydrogen-bond donors (Lipinski definition) is 0. The van der Waals surface area contributed by atoms with E-state index in [2.05, 4.69) is 15.0 Å². The molecule has 1 atom stereocenters. The predicted octanol–water partition coefficient (Wildman–Crippen LogP) is 2.84. The molecule has 1 aromatic carbocycles. The third-order valence-electron chi connectivity index (χ3n) is 5.60. The van der Waals surface area contributed by atoms with Crippen molar-refractivity contribution in [2.24, 2.45) is 0 Å². The summed E-state index contributed by atoms with van der Waals surface area (Å²) in [5.41, 5.74) is 3.73. The summed E-state index contributed by atoms with van der Waals surface area (Å²) in [5, 5.41) is 0. The number of anilines is 1. The summed E-state index contributed by atoms with van der Waals surface area (Å²) in [6.45, 7) is 4.91. The third-order valence-corrected chi connectivity index (χ3v) is 5.60. The number of aromatic nitrogens is 4. The lowest BCUT2D eigenvalue weighted by atomic mass is 10.0. The molecule has 0 spiro atoms. The first kappa shape index (κ1) is 22.6. The summed E-state index contributed by atoms with van der Waals surface area (Å²) in [6.07, 6.45) is 3.01. The van der Waals surface area contributed by atoms with Crippen LogP contribution in [0.4, 0.5) is 5.95 Å². The van der Waals surface area contributed by atoms with Crippen LogP contribution in [0.15, 0.2) is 36.7 Å². The van der Waals surface area contributed by atoms with Gasteiger partial charge in [-0.1, -0.05) is 12.1 Å². The first-order valence-corrected chi connectivity index (χ1v) is 10.8. The zero-order chi connectivity index (χ0) is 23.5. The van der Waals surface area contributed by atoms with Crippen molar-refractivity contribution >= 4 is 11.9 Å². The van der Waals surface area contributed by atoms with Gasteiger partial charge in [-0.2, -0.15) is 0 Å². The van der Waals surface area contributed by atoms with Gasteiger partial charge in [0.25, 0.3) is 5.91 Å². The van der Waals surface area contributed by atoms with Crippen LogP contribution >= 0.6 is 0 Å². The average Bonchev–Trinajstić information content (AvgIpc) is 2.83. The highest BCUT2D eigenvalue weighted by Gasteiger charge is 2.30. The van der Waals surface area contributed by atoms with E-state index in [-0.39, 0.29) is 5.91 Å². The van der Waals surface area contributed by atoms with Crippen LogP contribution in [0.3, 0.4) is 0 Å². The molecule has 3 heterocycles. The van der Waals surface area contributed by atoms with Crippen molar-refractivity contribution in [2.45, 2.75) is 20.0 Å². The van der Waals surface area contributed by atoms with E-state index in [0.717, 1.165) is 22.6 Å². The van der Waals surface area contributed by atoms with Gasteiger partial charge in [-0.05, 0) is 31.5 Å². The number of carbonyl (C=O) groups excluding carboxylic acids is 1. The molecular weight excluding hydrogens is 420 g/mol. The van der Waals surface area contributed by atoms with Crippen molar-refractivity contribution in [3.63, 3.8) is 0 Å². The highest BCUT2D eigenvalue weighted by atomic mass is 16.5. The zero-order valence-corrected chi connectivity index (χ0v) is 19.6. The van der Waals surface area contributed by atoms with Crippen LogP contribution in [-0.2, 0) is 4.74 Å². The van der Waals surface area contributed by atoms with Gasteiger partial charge in [0.15, 0.2) is 0 Å². The third kappa shape index (κ3) is 4.78. The van der Waals surface area contributed by atoms with E-state index in [4.69, 9.17) is 14.5 Å². The van der Waals surface area contributed by atoms with Gasteiger partial charge in [-0.25, -0.2) is 19.9 Å². The fourth-order valence-corrected chi connectivity index (χ4v) is 3.80. The lowest BCUT2D eigenvalue weighted by molar-refractivity contribution is -0.0245. The van der Waals surface area contributed by atoms with E-state index < -0.39 is 6.10 Å². The average molecular weight is 449 g/mol. The fourth-order valence-electron chi connectivity index (χ4n) is 3.80. The summed E-state index contributed by atoms with van der Waals surface area (Å²) < 4.78 is 11.4. The standard InChI is InChI=1S/C24H28N6O3/c1-15-19(12-25-16(2)27-15)23(31)30-10-11-33-21(14-30)22-20(13-26-24(28-22)29(3)4)17-6-8-18(32-5)9-7-17/h6-9,12-13,21H,10-11,14H2,1-5H3. The summed E-state index contributed by atoms with van der Waals surface area (Å²) in [6, 6.07) is 7.73. The van der Waals surface area contributed by atoms with Crippen LogP contribution < -0.4 is 9.64 Å². The summed E-state index contributed by atoms with van der Waals surface area (Å²) in [4.78, 5) is 34.7. The van der Waals surface area contributed by atoms with Gasteiger partial charge in [-0.15, -0.1) is 0 Å². The molecule has 4 rings (SSSR count). The molecule has 0 aliphatic carbocycles. The number of nitrogens with zero attached hydrogens (tertiary/aromatic N) is 6. The number of hydrogen-bond acceptors (Lipinski definition) is 8. The van der Waals surface area contributed by atoms with E-state index >= 15 is 0 Å². The van der Waals surface area contributed by atoms with Crippen LogP contribution in [0.1, 0.15) is 33.7 Å². The summed E-state index contributed by atoms with van der Waals surface area (Å²) >= 11 is 0. The molecule has 0 N–H and O–H groups in total. The number of morpholine rings is 1. The van der Waals surface area contributed by atoms with Crippen molar-refractivity contribution in [2.75, 3.05) is 45.8 Å². The quantitative estimate of drug-likeness (QED) is 0.588. The Bertz CT molecular complexity index is 1150. The molecule has 172 valence electrons. The minimum atomic E-state index is -0.395. The van der Waals surface area contributed by atoms with Crippen molar-refractivity contribution in [1.29, 1.82) is 0 Å². The van der Waals surface area contributed by atoms with Crippen LogP contribution in [0.25, 0.3) is 11.1 Å². The second kappa shape index (κ2) is 9.50. The molecule has 1 aliphatic rings. The molecule has 1 unspecified atom stereocenters. The number of benzene rings is 1. The molecule has 9 heteroatoms. The molecule has 0 radical (unpaired) electrons. The van der Waals surface area contributed by atoms with E-state index in [0.29, 0.717) is 42.7 Å². The smallest absolute Gasteiger partial charge is 0.257 e. The lowest BCUT2D eigenvalue weighted by Gasteiger charge is -2.33. The molecule has 3 aromatic rings. The van der Waals surface area contributed by atoms with Gasteiger partial charge >= 0.3 is 0 Å². The molecule has 1 saturated heterocycles. The monoisotopic (exact) mass is 448 g/mol. The minimum absolute atomic E-state index is 0.103. The van der Waals surface area contributed by atoms with Crippen molar-refractivity contribution in [3.05, 3.63) is 59.4 Å². The van der Waals surface area contributed by atoms with E-state index in [9.17, 15) is 4.79 Å². The lowest BCUT2D eigenvalue weighted by Crippen LogP contribution is -2.43. The Morgan fingerprint density at radius 2 is 1.88 bits per heavy atom. The van der Waals surface area contributed by atoms with Gasteiger partial charge in [0.1, 0.15) is 17.7 Å². The normalized spacial score (nSPS) is 15.9. The number of aryl methyl sites for hydroxylation is 2. The van der Waals surface area contributed by atoms with E-state index in [1.807, 2.05) is 63.3 Å². The van der Waals surface area contributed by atoms with E-state index in [1.165, 1.54) is 0 Å². The summed E-state index contributed by atoms with van der Waals surface area (Å²) in [5.74, 6) is 1.89. The molecule has 2 aromatic heterocycles. The molecule has 1 amide bonds. The van der Waals surface area contributed by atoms with Gasteiger partial charge in [-0.3, -0.25) is 4.79 Å². The molecule has 0 saturated carbocycles. The number of rotatable bonds is 5. The van der Waals surface area contributed by atoms with Crippen molar-refractivity contribution in [1.82, 2.24) is 24.8 Å².